The van der Waals surface area contributed by atoms with Crippen molar-refractivity contribution in [2.75, 3.05) is 0 Å². The molecular formula is C12H3ClF9O2-. The second kappa shape index (κ2) is 6.19. The van der Waals surface area contributed by atoms with Crippen molar-refractivity contribution in [1.82, 2.24) is 0 Å². The van der Waals surface area contributed by atoms with E-state index >= 15 is 0 Å². The summed E-state index contributed by atoms with van der Waals surface area (Å²) in [4.78, 5) is 10.6. The van der Waals surface area contributed by atoms with E-state index in [0.29, 0.717) is 0 Å². The SMILES string of the molecule is O=C(/C=C(\[O-])c1cc(C(F)(F)F)cc(C(F)(F)F)c1Cl)C(F)(F)F. The molecule has 0 aliphatic rings. The zero-order valence-electron chi connectivity index (χ0n) is 10.8. The second-order valence-electron chi connectivity index (χ2n) is 4.25. The summed E-state index contributed by atoms with van der Waals surface area (Å²) in [6.45, 7) is 0. The van der Waals surface area contributed by atoms with Crippen LogP contribution in [0.5, 0.6) is 0 Å². The van der Waals surface area contributed by atoms with Gasteiger partial charge in [0.15, 0.2) is 0 Å². The Morgan fingerprint density at radius 1 is 0.958 bits per heavy atom. The lowest BCUT2D eigenvalue weighted by molar-refractivity contribution is -0.244. The van der Waals surface area contributed by atoms with Gasteiger partial charge in [-0.05, 0) is 23.8 Å². The third-order valence-corrected chi connectivity index (χ3v) is 2.92. The van der Waals surface area contributed by atoms with Gasteiger partial charge in [-0.2, -0.15) is 39.5 Å². The molecule has 0 aliphatic carbocycles. The van der Waals surface area contributed by atoms with Gasteiger partial charge in [0.25, 0.3) is 5.78 Å². The van der Waals surface area contributed by atoms with Gasteiger partial charge in [0.1, 0.15) is 0 Å². The van der Waals surface area contributed by atoms with Crippen LogP contribution in [0, 0.1) is 0 Å². The van der Waals surface area contributed by atoms with E-state index in [-0.39, 0.29) is 6.07 Å². The number of hydrogen-bond acceptors (Lipinski definition) is 2. The molecule has 0 aromatic heterocycles. The van der Waals surface area contributed by atoms with Crippen LogP contribution in [0.2, 0.25) is 5.02 Å². The van der Waals surface area contributed by atoms with Gasteiger partial charge in [-0.15, -0.1) is 0 Å². The summed E-state index contributed by atoms with van der Waals surface area (Å²) in [5.41, 5.74) is -5.57. The average molecular weight is 386 g/mol. The fourth-order valence-corrected chi connectivity index (χ4v) is 1.76. The van der Waals surface area contributed by atoms with Gasteiger partial charge in [0.05, 0.1) is 16.1 Å². The van der Waals surface area contributed by atoms with Crippen LogP contribution in [-0.4, -0.2) is 12.0 Å². The molecule has 0 unspecified atom stereocenters. The Bertz CT molecular complexity index is 683. The number of halogens is 10. The average Bonchev–Trinajstić information content (AvgIpc) is 2.34. The summed E-state index contributed by atoms with van der Waals surface area (Å²) in [6, 6.07) is -0.565. The lowest BCUT2D eigenvalue weighted by atomic mass is 10.0. The summed E-state index contributed by atoms with van der Waals surface area (Å²) in [5, 5.41) is 9.94. The molecule has 0 bridgehead atoms. The minimum Gasteiger partial charge on any atom is -0.872 e. The fourth-order valence-electron chi connectivity index (χ4n) is 1.45. The van der Waals surface area contributed by atoms with E-state index < -0.39 is 63.9 Å². The molecule has 0 fully saturated rings. The van der Waals surface area contributed by atoms with Gasteiger partial charge in [-0.3, -0.25) is 4.79 Å². The number of benzene rings is 1. The standard InChI is InChI=1S/C12H4ClF9O2/c13-9-5(7(23)3-8(24)12(20,21)22)1-4(10(14,15)16)2-6(9)11(17,18)19/h1-3,23H/p-1/b7-3-. The highest BCUT2D eigenvalue weighted by atomic mass is 35.5. The van der Waals surface area contributed by atoms with Crippen LogP contribution in [0.25, 0.3) is 5.76 Å². The van der Waals surface area contributed by atoms with Crippen LogP contribution in [0.3, 0.4) is 0 Å². The van der Waals surface area contributed by atoms with Gasteiger partial charge in [0, 0.05) is 0 Å². The molecule has 134 valence electrons. The van der Waals surface area contributed by atoms with E-state index in [0.717, 1.165) is 0 Å². The molecule has 0 heterocycles. The largest absolute Gasteiger partial charge is 0.872 e. The zero-order valence-corrected chi connectivity index (χ0v) is 11.6. The summed E-state index contributed by atoms with van der Waals surface area (Å²) < 4.78 is 112. The van der Waals surface area contributed by atoms with E-state index in [1.165, 1.54) is 0 Å². The van der Waals surface area contributed by atoms with Crippen molar-refractivity contribution >= 4 is 23.1 Å². The molecule has 0 amide bonds. The predicted molar refractivity (Wildman–Crippen MR) is 60.5 cm³/mol. The first-order chi connectivity index (χ1) is 10.5. The van der Waals surface area contributed by atoms with Crippen LogP contribution < -0.4 is 5.11 Å². The number of rotatable bonds is 2. The normalized spacial score (nSPS) is 14.0. The van der Waals surface area contributed by atoms with Gasteiger partial charge in [-0.1, -0.05) is 17.4 Å². The van der Waals surface area contributed by atoms with Gasteiger partial charge in [0.2, 0.25) is 0 Å². The highest BCUT2D eigenvalue weighted by molar-refractivity contribution is 6.33. The molecule has 2 nitrogen and oxygen atoms in total. The Labute approximate surface area is 132 Å². The summed E-state index contributed by atoms with van der Waals surface area (Å²) in [5.74, 6) is -4.80. The molecule has 0 saturated carbocycles. The molecule has 0 saturated heterocycles. The van der Waals surface area contributed by atoms with Crippen molar-refractivity contribution in [3.05, 3.63) is 39.9 Å². The maximum Gasteiger partial charge on any atom is 0.454 e. The number of alkyl halides is 9. The lowest BCUT2D eigenvalue weighted by Gasteiger charge is -2.20. The lowest BCUT2D eigenvalue weighted by Crippen LogP contribution is -2.22. The maximum atomic E-state index is 12.7. The molecule has 1 rings (SSSR count). The third kappa shape index (κ3) is 4.56. The first-order valence-electron chi connectivity index (χ1n) is 5.53. The minimum absolute atomic E-state index is 0.167. The Balaban J connectivity index is 3.64. The number of carbonyl (C=O) groups is 1. The number of hydrogen-bond donors (Lipinski definition) is 0. The highest BCUT2D eigenvalue weighted by Crippen LogP contribution is 2.42. The molecule has 0 spiro atoms. The molecule has 24 heavy (non-hydrogen) atoms. The smallest absolute Gasteiger partial charge is 0.454 e. The molecular weight excluding hydrogens is 383 g/mol. The van der Waals surface area contributed by atoms with Crippen LogP contribution >= 0.6 is 11.6 Å². The summed E-state index contributed by atoms with van der Waals surface area (Å²) in [6.07, 6.45) is -17.0. The van der Waals surface area contributed by atoms with Crippen LogP contribution in [0.15, 0.2) is 18.2 Å². The van der Waals surface area contributed by atoms with Crippen molar-refractivity contribution in [2.45, 2.75) is 18.5 Å². The Morgan fingerprint density at radius 2 is 1.46 bits per heavy atom. The van der Waals surface area contributed by atoms with E-state index in [9.17, 15) is 49.4 Å². The monoisotopic (exact) mass is 385 g/mol. The molecule has 1 aromatic carbocycles. The van der Waals surface area contributed by atoms with Crippen LogP contribution in [0.1, 0.15) is 16.7 Å². The van der Waals surface area contributed by atoms with Gasteiger partial charge in [-0.25, -0.2) is 0 Å². The van der Waals surface area contributed by atoms with Crippen LogP contribution in [0.4, 0.5) is 39.5 Å². The van der Waals surface area contributed by atoms with E-state index in [1.807, 2.05) is 0 Å². The van der Waals surface area contributed by atoms with Gasteiger partial charge < -0.3 is 5.11 Å². The molecule has 0 atom stereocenters. The van der Waals surface area contributed by atoms with Crippen molar-refractivity contribution < 1.29 is 49.4 Å². The minimum atomic E-state index is -5.53. The third-order valence-electron chi connectivity index (χ3n) is 2.51. The van der Waals surface area contributed by atoms with E-state index in [2.05, 4.69) is 0 Å². The predicted octanol–water partition coefficient (Wildman–Crippen LogP) is 4.21. The second-order valence-corrected chi connectivity index (χ2v) is 4.63. The van der Waals surface area contributed by atoms with Crippen molar-refractivity contribution in [3.8, 4) is 0 Å². The van der Waals surface area contributed by atoms with E-state index in [1.54, 1.807) is 0 Å². The fraction of sp³-hybridized carbons (Fsp3) is 0.250. The molecule has 12 heteroatoms. The zero-order chi connectivity index (χ0) is 19.1. The summed E-state index contributed by atoms with van der Waals surface area (Å²) in [7, 11) is 0. The van der Waals surface area contributed by atoms with Crippen LogP contribution in [-0.2, 0) is 17.1 Å². The first-order valence-corrected chi connectivity index (χ1v) is 5.91. The quantitative estimate of drug-likeness (QED) is 0.435. The Kier molecular flexibility index (Phi) is 5.19. The molecule has 1 aromatic rings. The van der Waals surface area contributed by atoms with Gasteiger partial charge >= 0.3 is 18.5 Å². The first kappa shape index (κ1) is 20.1. The molecule has 0 N–H and O–H groups in total. The van der Waals surface area contributed by atoms with Crippen molar-refractivity contribution in [1.29, 1.82) is 0 Å². The number of ketones is 1. The van der Waals surface area contributed by atoms with E-state index in [4.69, 9.17) is 11.6 Å². The molecule has 0 aliphatic heterocycles. The summed E-state index contributed by atoms with van der Waals surface area (Å²) >= 11 is 5.19. The van der Waals surface area contributed by atoms with Crippen molar-refractivity contribution in [2.24, 2.45) is 0 Å². The molecule has 0 radical (unpaired) electrons. The Morgan fingerprint density at radius 3 is 1.83 bits per heavy atom. The topological polar surface area (TPSA) is 40.1 Å². The number of carbonyl (C=O) groups excluding carboxylic acids is 1. The number of allylic oxidation sites excluding steroid dienone is 1. The Hall–Kier alpha value is -1.91. The van der Waals surface area contributed by atoms with Crippen molar-refractivity contribution in [3.63, 3.8) is 0 Å². The highest BCUT2D eigenvalue weighted by Gasteiger charge is 2.40. The maximum absolute atomic E-state index is 12.7.